The number of nitrogens with zero attached hydrogens (tertiary/aromatic N) is 2. The van der Waals surface area contributed by atoms with Crippen molar-refractivity contribution in [3.63, 3.8) is 0 Å². The van der Waals surface area contributed by atoms with Gasteiger partial charge in [-0.05, 0) is 51.2 Å². The van der Waals surface area contributed by atoms with Crippen LogP contribution in [0.25, 0.3) is 0 Å². The van der Waals surface area contributed by atoms with Gasteiger partial charge in [-0.15, -0.1) is 0 Å². The number of piperidine rings is 1. The van der Waals surface area contributed by atoms with E-state index in [1.807, 2.05) is 50.7 Å². The number of carbonyl (C=O) groups is 2. The molecule has 30 heavy (non-hydrogen) atoms. The van der Waals surface area contributed by atoms with Gasteiger partial charge in [-0.3, -0.25) is 9.69 Å². The van der Waals surface area contributed by atoms with Crippen molar-refractivity contribution in [2.75, 3.05) is 43.0 Å². The number of rotatable bonds is 5. The number of likely N-dealkylation sites (tertiary alicyclic amines) is 1. The van der Waals surface area contributed by atoms with Crippen LogP contribution in [0.5, 0.6) is 0 Å². The molecule has 1 aromatic rings. The molecule has 7 heteroatoms. The zero-order valence-electron chi connectivity index (χ0n) is 18.5. The maximum atomic E-state index is 12.7. The SMILES string of the molecule is CC(C)(C)OC(=O)N1CCC(CC(=O)Nc2ccccc2CN2CCSCC2)CC1. The van der Waals surface area contributed by atoms with E-state index in [4.69, 9.17) is 4.74 Å². The third kappa shape index (κ3) is 7.20. The fraction of sp³-hybridized carbons (Fsp3) is 0.652. The van der Waals surface area contributed by atoms with Gasteiger partial charge in [0.25, 0.3) is 0 Å². The standard InChI is InChI=1S/C23H35N3O3S/c1-23(2,3)29-22(28)26-10-8-18(9-11-26)16-21(27)24-20-7-5-4-6-19(20)17-25-12-14-30-15-13-25/h4-7,18H,8-17H2,1-3H3,(H,24,27). The fourth-order valence-corrected chi connectivity index (χ4v) is 4.87. The van der Waals surface area contributed by atoms with E-state index >= 15 is 0 Å². The van der Waals surface area contributed by atoms with Gasteiger partial charge < -0.3 is 15.0 Å². The molecule has 2 amide bonds. The predicted molar refractivity (Wildman–Crippen MR) is 123 cm³/mol. The molecule has 2 heterocycles. The molecule has 0 radical (unpaired) electrons. The van der Waals surface area contributed by atoms with Crippen LogP contribution < -0.4 is 5.32 Å². The number of thioether (sulfide) groups is 1. The highest BCUT2D eigenvalue weighted by Crippen LogP contribution is 2.24. The van der Waals surface area contributed by atoms with Gasteiger partial charge in [-0.25, -0.2) is 4.79 Å². The van der Waals surface area contributed by atoms with Crippen molar-refractivity contribution >= 4 is 29.4 Å². The van der Waals surface area contributed by atoms with Gasteiger partial charge in [-0.2, -0.15) is 11.8 Å². The molecule has 6 nitrogen and oxygen atoms in total. The molecule has 0 aliphatic carbocycles. The summed E-state index contributed by atoms with van der Waals surface area (Å²) in [5.41, 5.74) is 1.62. The van der Waals surface area contributed by atoms with Gasteiger partial charge in [0.15, 0.2) is 0 Å². The minimum Gasteiger partial charge on any atom is -0.444 e. The predicted octanol–water partition coefficient (Wildman–Crippen LogP) is 4.21. The number of nitrogens with one attached hydrogen (secondary N) is 1. The lowest BCUT2D eigenvalue weighted by atomic mass is 9.93. The Hall–Kier alpha value is -1.73. The van der Waals surface area contributed by atoms with Crippen molar-refractivity contribution in [2.45, 2.75) is 52.2 Å². The van der Waals surface area contributed by atoms with Gasteiger partial charge >= 0.3 is 6.09 Å². The van der Waals surface area contributed by atoms with Crippen LogP contribution >= 0.6 is 11.8 Å². The summed E-state index contributed by atoms with van der Waals surface area (Å²) in [5.74, 6) is 2.72. The van der Waals surface area contributed by atoms with E-state index in [1.165, 1.54) is 17.1 Å². The molecule has 2 fully saturated rings. The Bertz CT molecular complexity index is 721. The highest BCUT2D eigenvalue weighted by atomic mass is 32.2. The first-order valence-electron chi connectivity index (χ1n) is 11.0. The van der Waals surface area contributed by atoms with Gasteiger partial charge in [-0.1, -0.05) is 18.2 Å². The maximum Gasteiger partial charge on any atom is 0.410 e. The number of amides is 2. The van der Waals surface area contributed by atoms with E-state index < -0.39 is 5.60 Å². The number of hydrogen-bond acceptors (Lipinski definition) is 5. The molecule has 0 bridgehead atoms. The zero-order chi connectivity index (χ0) is 21.6. The minimum absolute atomic E-state index is 0.0624. The molecule has 0 atom stereocenters. The third-order valence-corrected chi connectivity index (χ3v) is 6.47. The van der Waals surface area contributed by atoms with Crippen molar-refractivity contribution in [1.29, 1.82) is 0 Å². The number of ether oxygens (including phenoxy) is 1. The molecule has 2 saturated heterocycles. The molecule has 0 saturated carbocycles. The molecule has 1 aromatic carbocycles. The molecular formula is C23H35N3O3S. The van der Waals surface area contributed by atoms with Crippen molar-refractivity contribution < 1.29 is 14.3 Å². The van der Waals surface area contributed by atoms with E-state index in [-0.39, 0.29) is 12.0 Å². The van der Waals surface area contributed by atoms with Gasteiger partial charge in [0.2, 0.25) is 5.91 Å². The first-order valence-corrected chi connectivity index (χ1v) is 12.1. The Morgan fingerprint density at radius 2 is 1.77 bits per heavy atom. The second kappa shape index (κ2) is 10.5. The number of benzene rings is 1. The van der Waals surface area contributed by atoms with E-state index in [0.29, 0.717) is 25.4 Å². The first-order chi connectivity index (χ1) is 14.3. The van der Waals surface area contributed by atoms with Gasteiger partial charge in [0.05, 0.1) is 0 Å². The highest BCUT2D eigenvalue weighted by Gasteiger charge is 2.28. The van der Waals surface area contributed by atoms with Gasteiger partial charge in [0, 0.05) is 56.3 Å². The van der Waals surface area contributed by atoms with E-state index in [9.17, 15) is 9.59 Å². The normalized spacial score (nSPS) is 18.8. The highest BCUT2D eigenvalue weighted by molar-refractivity contribution is 7.99. The van der Waals surface area contributed by atoms with Crippen LogP contribution in [0.1, 0.15) is 45.6 Å². The van der Waals surface area contributed by atoms with E-state index in [1.54, 1.807) is 4.90 Å². The largest absolute Gasteiger partial charge is 0.444 e. The van der Waals surface area contributed by atoms with Crippen LogP contribution in [-0.4, -0.2) is 65.1 Å². The Morgan fingerprint density at radius 1 is 1.10 bits per heavy atom. The van der Waals surface area contributed by atoms with Crippen molar-refractivity contribution in [3.8, 4) is 0 Å². The topological polar surface area (TPSA) is 61.9 Å². The summed E-state index contributed by atoms with van der Waals surface area (Å²) in [6.07, 6.45) is 1.91. The molecule has 0 spiro atoms. The average molecular weight is 434 g/mol. The summed E-state index contributed by atoms with van der Waals surface area (Å²) in [6, 6.07) is 8.12. The number of anilines is 1. The molecule has 166 valence electrons. The Balaban J connectivity index is 1.47. The molecule has 2 aliphatic heterocycles. The maximum absolute atomic E-state index is 12.7. The minimum atomic E-state index is -0.478. The number of carbonyl (C=O) groups excluding carboxylic acids is 2. The molecule has 0 unspecified atom stereocenters. The Kier molecular flexibility index (Phi) is 8.06. The lowest BCUT2D eigenvalue weighted by molar-refractivity contribution is -0.117. The van der Waals surface area contributed by atoms with Crippen LogP contribution in [0.2, 0.25) is 0 Å². The van der Waals surface area contributed by atoms with Crippen LogP contribution in [0.3, 0.4) is 0 Å². The molecule has 1 N–H and O–H groups in total. The molecule has 2 aliphatic rings. The van der Waals surface area contributed by atoms with Crippen LogP contribution in [0.15, 0.2) is 24.3 Å². The average Bonchev–Trinajstić information content (AvgIpc) is 2.69. The van der Waals surface area contributed by atoms with E-state index in [2.05, 4.69) is 16.3 Å². The van der Waals surface area contributed by atoms with Crippen LogP contribution in [-0.2, 0) is 16.1 Å². The van der Waals surface area contributed by atoms with Gasteiger partial charge in [0.1, 0.15) is 5.60 Å². The van der Waals surface area contributed by atoms with Crippen molar-refractivity contribution in [2.24, 2.45) is 5.92 Å². The zero-order valence-corrected chi connectivity index (χ0v) is 19.3. The summed E-state index contributed by atoms with van der Waals surface area (Å²) >= 11 is 2.00. The second-order valence-corrected chi connectivity index (χ2v) is 10.4. The lowest BCUT2D eigenvalue weighted by Gasteiger charge is -2.33. The summed E-state index contributed by atoms with van der Waals surface area (Å²) in [4.78, 5) is 29.1. The Morgan fingerprint density at radius 3 is 2.43 bits per heavy atom. The monoisotopic (exact) mass is 433 g/mol. The summed E-state index contributed by atoms with van der Waals surface area (Å²) in [7, 11) is 0. The second-order valence-electron chi connectivity index (χ2n) is 9.21. The molecular weight excluding hydrogens is 398 g/mol. The van der Waals surface area contributed by atoms with E-state index in [0.717, 1.165) is 38.2 Å². The summed E-state index contributed by atoms with van der Waals surface area (Å²) in [5, 5.41) is 3.14. The van der Waals surface area contributed by atoms with Crippen molar-refractivity contribution in [3.05, 3.63) is 29.8 Å². The molecule has 0 aromatic heterocycles. The number of hydrogen-bond donors (Lipinski definition) is 1. The summed E-state index contributed by atoms with van der Waals surface area (Å²) in [6.45, 7) is 10.0. The third-order valence-electron chi connectivity index (χ3n) is 5.53. The van der Waals surface area contributed by atoms with Crippen LogP contribution in [0.4, 0.5) is 10.5 Å². The fourth-order valence-electron chi connectivity index (χ4n) is 3.89. The smallest absolute Gasteiger partial charge is 0.410 e. The quantitative estimate of drug-likeness (QED) is 0.754. The Labute approximate surface area is 184 Å². The van der Waals surface area contributed by atoms with Crippen molar-refractivity contribution in [1.82, 2.24) is 9.80 Å². The lowest BCUT2D eigenvalue weighted by Crippen LogP contribution is -2.42. The summed E-state index contributed by atoms with van der Waals surface area (Å²) < 4.78 is 5.45. The van der Waals surface area contributed by atoms with Crippen LogP contribution in [0, 0.1) is 5.92 Å². The first kappa shape index (κ1) is 22.9. The number of para-hydroxylation sites is 1. The molecule has 3 rings (SSSR count).